The smallest absolute Gasteiger partial charge is 0.490 e. The molecule has 2 N–H and O–H groups in total. The van der Waals surface area contributed by atoms with Gasteiger partial charge in [0.15, 0.2) is 11.6 Å². The molecule has 0 unspecified atom stereocenters. The van der Waals surface area contributed by atoms with Crippen molar-refractivity contribution in [1.29, 1.82) is 0 Å². The Morgan fingerprint density at radius 2 is 1.67 bits per heavy atom. The van der Waals surface area contributed by atoms with Gasteiger partial charge in [-0.2, -0.15) is 0 Å². The molecule has 0 atom stereocenters. The van der Waals surface area contributed by atoms with Gasteiger partial charge in [-0.25, -0.2) is 4.39 Å². The van der Waals surface area contributed by atoms with Crippen LogP contribution in [0.1, 0.15) is 36.8 Å². The number of anilines is 1. The summed E-state index contributed by atoms with van der Waals surface area (Å²) in [5.41, 5.74) is 2.85. The van der Waals surface area contributed by atoms with Crippen LogP contribution in [0.5, 0.6) is 5.75 Å². The van der Waals surface area contributed by atoms with Crippen molar-refractivity contribution < 1.29 is 32.8 Å². The van der Waals surface area contributed by atoms with Crippen molar-refractivity contribution in [3.05, 3.63) is 73.3 Å². The third-order valence-corrected chi connectivity index (χ3v) is 4.27. The molecule has 30 heavy (non-hydrogen) atoms. The number of amides is 1. The van der Waals surface area contributed by atoms with E-state index in [2.05, 4.69) is 24.5 Å². The summed E-state index contributed by atoms with van der Waals surface area (Å²) in [7, 11) is 0. The summed E-state index contributed by atoms with van der Waals surface area (Å²) in [6.45, 7) is 11.0. The Morgan fingerprint density at radius 1 is 1.00 bits per heavy atom. The molecule has 0 saturated heterocycles. The number of hydrogen-bond donors (Lipinski definition) is 2. The monoisotopic (exact) mass is 406 g/mol. The molecule has 0 aliphatic carbocycles. The van der Waals surface area contributed by atoms with Crippen LogP contribution in [0, 0.1) is 26.6 Å². The molecule has 2 aromatic rings. The SMILES string of the molecule is Cc1cccc(F)c1OCCCCCCc1ccc(N[C-]=O)cc1.[CH2-]CNC[CH2-].[Li+]. The number of benzene rings is 2. The van der Waals surface area contributed by atoms with Crippen molar-refractivity contribution in [2.75, 3.05) is 25.0 Å². The molecular weight excluding hydrogens is 374 g/mol. The average Bonchev–Trinajstić information content (AvgIpc) is 2.72. The summed E-state index contributed by atoms with van der Waals surface area (Å²) in [6, 6.07) is 12.8. The van der Waals surface area contributed by atoms with Gasteiger partial charge in [0, 0.05) is 0 Å². The van der Waals surface area contributed by atoms with E-state index in [-0.39, 0.29) is 24.7 Å². The molecule has 2 aromatic carbocycles. The molecule has 0 heterocycles. The van der Waals surface area contributed by atoms with E-state index < -0.39 is 0 Å². The van der Waals surface area contributed by atoms with Crippen molar-refractivity contribution in [2.24, 2.45) is 0 Å². The van der Waals surface area contributed by atoms with Crippen LogP contribution in [0.25, 0.3) is 0 Å². The van der Waals surface area contributed by atoms with E-state index >= 15 is 0 Å². The van der Waals surface area contributed by atoms with Gasteiger partial charge >= 0.3 is 18.9 Å². The fourth-order valence-electron chi connectivity index (χ4n) is 2.70. The molecule has 0 aliphatic rings. The minimum Gasteiger partial charge on any atom is -0.490 e. The molecule has 2 rings (SSSR count). The minimum absolute atomic E-state index is 0. The van der Waals surface area contributed by atoms with Gasteiger partial charge < -0.3 is 34.0 Å². The summed E-state index contributed by atoms with van der Waals surface area (Å²) in [4.78, 5) is 10.2. The van der Waals surface area contributed by atoms with Crippen molar-refractivity contribution >= 4 is 12.1 Å². The molecule has 0 spiro atoms. The minimum atomic E-state index is -0.292. The van der Waals surface area contributed by atoms with Crippen molar-refractivity contribution in [3.63, 3.8) is 0 Å². The molecule has 0 aliphatic heterocycles. The number of ether oxygens (including phenoxy) is 1. The van der Waals surface area contributed by atoms with Crippen LogP contribution in [0.15, 0.2) is 42.5 Å². The number of aryl methyl sites for hydroxylation is 2. The zero-order chi connectivity index (χ0) is 21.3. The molecule has 160 valence electrons. The first kappa shape index (κ1) is 28.2. The Hall–Kier alpha value is -1.80. The fraction of sp³-hybridized carbons (Fsp3) is 0.375. The zero-order valence-corrected chi connectivity index (χ0v) is 18.3. The maximum Gasteiger partial charge on any atom is 1.00 e. The summed E-state index contributed by atoms with van der Waals surface area (Å²) >= 11 is 0. The number of halogens is 1. The average molecular weight is 406 g/mol. The first-order chi connectivity index (χ1) is 14.1. The van der Waals surface area contributed by atoms with Gasteiger partial charge in [0.25, 0.3) is 0 Å². The molecule has 4 nitrogen and oxygen atoms in total. The standard InChI is InChI=1S/C20H23FNO2.C4H9N.Li/c1-16-7-6-9-19(21)20(16)24-14-5-3-2-4-8-17-10-12-18(13-11-17)22-15-23;1-3-5-4-2;/h6-7,9-13H,2-5,8,14H2,1H3,(H,22,23);5H,1-4H2;/q-1;-2;+1. The van der Waals surface area contributed by atoms with E-state index in [1.807, 2.05) is 37.3 Å². The van der Waals surface area contributed by atoms with Gasteiger partial charge in [-0.15, -0.1) is 30.9 Å². The third kappa shape index (κ3) is 12.0. The van der Waals surface area contributed by atoms with E-state index in [0.717, 1.165) is 56.4 Å². The van der Waals surface area contributed by atoms with E-state index in [1.165, 1.54) is 11.6 Å². The Bertz CT molecular complexity index is 674. The molecule has 0 bridgehead atoms. The van der Waals surface area contributed by atoms with Crippen molar-refractivity contribution in [3.8, 4) is 5.75 Å². The maximum absolute atomic E-state index is 13.6. The molecule has 0 aromatic heterocycles. The Morgan fingerprint density at radius 3 is 2.23 bits per heavy atom. The van der Waals surface area contributed by atoms with Gasteiger partial charge in [0.05, 0.1) is 13.0 Å². The molecule has 1 amide bonds. The van der Waals surface area contributed by atoms with Crippen LogP contribution in [0.4, 0.5) is 10.1 Å². The number of rotatable bonds is 12. The van der Waals surface area contributed by atoms with E-state index in [0.29, 0.717) is 12.4 Å². The summed E-state index contributed by atoms with van der Waals surface area (Å²) in [5, 5.41) is 5.39. The van der Waals surface area contributed by atoms with Crippen LogP contribution in [0.2, 0.25) is 0 Å². The molecular formula is C24H32FLiN2O2-2. The van der Waals surface area contributed by atoms with E-state index in [1.54, 1.807) is 12.5 Å². The molecule has 6 heteroatoms. The number of unbranched alkanes of at least 4 members (excludes halogenated alkanes) is 3. The van der Waals surface area contributed by atoms with E-state index in [9.17, 15) is 9.18 Å². The van der Waals surface area contributed by atoms with Crippen LogP contribution in [0.3, 0.4) is 0 Å². The van der Waals surface area contributed by atoms with Gasteiger partial charge in [0.2, 0.25) is 0 Å². The summed E-state index contributed by atoms with van der Waals surface area (Å²) in [5.74, 6) is 0.0823. The van der Waals surface area contributed by atoms with Gasteiger partial charge in [0.1, 0.15) is 0 Å². The second-order valence-corrected chi connectivity index (χ2v) is 6.57. The van der Waals surface area contributed by atoms with Gasteiger partial charge in [-0.05, 0) is 37.8 Å². The second-order valence-electron chi connectivity index (χ2n) is 6.57. The first-order valence-corrected chi connectivity index (χ1v) is 10.0. The normalized spacial score (nSPS) is 9.73. The second kappa shape index (κ2) is 18.0. The topological polar surface area (TPSA) is 50.4 Å². The molecule has 0 fully saturated rings. The molecule has 0 radical (unpaired) electrons. The maximum atomic E-state index is 13.6. The van der Waals surface area contributed by atoms with Gasteiger partial charge in [-0.1, -0.05) is 42.7 Å². The summed E-state index contributed by atoms with van der Waals surface area (Å²) < 4.78 is 19.1. The predicted molar refractivity (Wildman–Crippen MR) is 118 cm³/mol. The Balaban J connectivity index is 0.00000125. The Kier molecular flexibility index (Phi) is 16.9. The number of hydrogen-bond acceptors (Lipinski definition) is 3. The van der Waals surface area contributed by atoms with Crippen LogP contribution in [-0.2, 0) is 11.2 Å². The summed E-state index contributed by atoms with van der Waals surface area (Å²) in [6.07, 6.45) is 6.87. The number of nitrogens with one attached hydrogen (secondary N) is 2. The van der Waals surface area contributed by atoms with Crippen LogP contribution in [-0.4, -0.2) is 26.1 Å². The third-order valence-electron chi connectivity index (χ3n) is 4.27. The van der Waals surface area contributed by atoms with Crippen molar-refractivity contribution in [1.82, 2.24) is 5.32 Å². The zero-order valence-electron chi connectivity index (χ0n) is 18.3. The van der Waals surface area contributed by atoms with Crippen molar-refractivity contribution in [2.45, 2.75) is 39.0 Å². The quantitative estimate of drug-likeness (QED) is 0.246. The molecule has 0 saturated carbocycles. The largest absolute Gasteiger partial charge is 1.00 e. The van der Waals surface area contributed by atoms with Gasteiger partial charge in [-0.3, -0.25) is 0 Å². The predicted octanol–water partition coefficient (Wildman–Crippen LogP) is 2.04. The number of para-hydroxylation sites is 1. The first-order valence-electron chi connectivity index (χ1n) is 10.0. The number of carbonyl (C=O) groups excluding carboxylic acids is 1. The Labute approximate surface area is 193 Å². The van der Waals surface area contributed by atoms with Crippen LogP contribution >= 0.6 is 0 Å². The fourth-order valence-corrected chi connectivity index (χ4v) is 2.70. The van der Waals surface area contributed by atoms with E-state index in [4.69, 9.17) is 4.74 Å². The van der Waals surface area contributed by atoms with Crippen LogP contribution < -0.4 is 34.2 Å².